The van der Waals surface area contributed by atoms with Crippen molar-refractivity contribution in [2.24, 2.45) is 4.99 Å². The third-order valence-electron chi connectivity index (χ3n) is 3.32. The van der Waals surface area contributed by atoms with Crippen LogP contribution in [0.3, 0.4) is 0 Å². The molecule has 0 saturated carbocycles. The van der Waals surface area contributed by atoms with Crippen LogP contribution in [0.15, 0.2) is 53.8 Å². The van der Waals surface area contributed by atoms with Crippen LogP contribution >= 0.6 is 23.5 Å². The van der Waals surface area contributed by atoms with Crippen LogP contribution < -0.4 is 0 Å². The molecule has 0 N–H and O–H groups in total. The van der Waals surface area contributed by atoms with Crippen LogP contribution in [0.1, 0.15) is 38.8 Å². The molecule has 0 radical (unpaired) electrons. The topological polar surface area (TPSA) is 25.2 Å². The van der Waals surface area contributed by atoms with Gasteiger partial charge < -0.3 is 0 Å². The van der Waals surface area contributed by atoms with Crippen LogP contribution in [0, 0.1) is 0 Å². The molecule has 0 fully saturated rings. The summed E-state index contributed by atoms with van der Waals surface area (Å²) in [6.45, 7) is 8.88. The summed E-state index contributed by atoms with van der Waals surface area (Å²) in [6.07, 6.45) is 3.57. The van der Waals surface area contributed by atoms with Crippen LogP contribution in [0.5, 0.6) is 0 Å². The first-order valence-corrected chi connectivity index (χ1v) is 9.80. The van der Waals surface area contributed by atoms with E-state index in [1.807, 2.05) is 12.1 Å². The Kier molecular flexibility index (Phi) is 6.72. The van der Waals surface area contributed by atoms with Gasteiger partial charge in [0.15, 0.2) is 0 Å². The van der Waals surface area contributed by atoms with Crippen LogP contribution in [0.4, 0.5) is 5.69 Å². The molecule has 0 atom stereocenters. The zero-order valence-corrected chi connectivity index (χ0v) is 15.9. The highest BCUT2D eigenvalue weighted by Gasteiger charge is 2.13. The first kappa shape index (κ1) is 18.1. The van der Waals surface area contributed by atoms with Crippen LogP contribution in [-0.4, -0.2) is 15.1 Å². The van der Waals surface area contributed by atoms with Gasteiger partial charge >= 0.3 is 0 Å². The Hall–Kier alpha value is -1.26. The molecule has 122 valence electrons. The number of nitrogens with zero attached hydrogens (tertiary/aromatic N) is 2. The molecule has 23 heavy (non-hydrogen) atoms. The van der Waals surface area contributed by atoms with Gasteiger partial charge in [-0.2, -0.15) is 0 Å². The molecular weight excluding hydrogens is 320 g/mol. The lowest BCUT2D eigenvalue weighted by molar-refractivity contribution is 0.590. The number of hydrogen-bond acceptors (Lipinski definition) is 4. The summed E-state index contributed by atoms with van der Waals surface area (Å²) in [5.41, 5.74) is 3.83. The molecule has 0 aliphatic carbocycles. The number of hydrogen-bond donors (Lipinski definition) is 0. The normalized spacial score (nSPS) is 12.4. The van der Waals surface area contributed by atoms with Crippen LogP contribution in [0.2, 0.25) is 0 Å². The summed E-state index contributed by atoms with van der Waals surface area (Å²) in [5, 5.41) is 0. The summed E-state index contributed by atoms with van der Waals surface area (Å²) in [5.74, 6) is 1.96. The van der Waals surface area contributed by atoms with Crippen molar-refractivity contribution in [3.05, 3.63) is 59.9 Å². The van der Waals surface area contributed by atoms with Crippen molar-refractivity contribution in [1.29, 1.82) is 0 Å². The van der Waals surface area contributed by atoms with E-state index in [4.69, 9.17) is 4.99 Å². The minimum Gasteiger partial charge on any atom is -0.262 e. The average Bonchev–Trinajstić information content (AvgIpc) is 2.53. The van der Waals surface area contributed by atoms with Gasteiger partial charge in [-0.25, -0.2) is 4.99 Å². The van der Waals surface area contributed by atoms with Crippen molar-refractivity contribution >= 4 is 33.6 Å². The fourth-order valence-corrected chi connectivity index (χ4v) is 3.93. The van der Waals surface area contributed by atoms with Crippen molar-refractivity contribution in [1.82, 2.24) is 4.98 Å². The minimum atomic E-state index is 0.205. The predicted octanol–water partition coefficient (Wildman–Crippen LogP) is 6.05. The lowest BCUT2D eigenvalue weighted by atomic mass is 9.87. The second-order valence-electron chi connectivity index (χ2n) is 6.26. The Bertz CT molecular complexity index is 629. The monoisotopic (exact) mass is 344 g/mol. The molecule has 0 unspecified atom stereocenters. The summed E-state index contributed by atoms with van der Waals surface area (Å²) in [7, 11) is 0. The molecule has 2 rings (SSSR count). The van der Waals surface area contributed by atoms with E-state index in [0.717, 1.165) is 21.6 Å². The molecule has 0 spiro atoms. The van der Waals surface area contributed by atoms with Crippen molar-refractivity contribution in [3.8, 4) is 0 Å². The Morgan fingerprint density at radius 1 is 1.09 bits per heavy atom. The zero-order valence-electron chi connectivity index (χ0n) is 14.2. The second kappa shape index (κ2) is 8.55. The third kappa shape index (κ3) is 6.04. The summed E-state index contributed by atoms with van der Waals surface area (Å²) in [6, 6.07) is 12.8. The highest BCUT2D eigenvalue weighted by molar-refractivity contribution is 8.38. The first-order chi connectivity index (χ1) is 11.0. The second-order valence-corrected chi connectivity index (χ2v) is 8.73. The molecule has 2 aromatic rings. The standard InChI is InChI=1S/C19H24N2S2/c1-5-22-18(21-17-7-6-12-20-13-17)23-14-15-8-10-16(11-9-15)19(2,3)4/h6-13H,5,14H2,1-4H3. The fraction of sp³-hybridized carbons (Fsp3) is 0.368. The molecule has 1 heterocycles. The molecule has 0 aliphatic heterocycles. The molecular formula is C19H24N2S2. The largest absolute Gasteiger partial charge is 0.262 e. The maximum absolute atomic E-state index is 4.70. The van der Waals surface area contributed by atoms with E-state index in [1.165, 1.54) is 11.1 Å². The van der Waals surface area contributed by atoms with Gasteiger partial charge in [0.1, 0.15) is 4.38 Å². The van der Waals surface area contributed by atoms with Gasteiger partial charge in [0.05, 0.1) is 11.9 Å². The summed E-state index contributed by atoms with van der Waals surface area (Å²) < 4.78 is 1.10. The van der Waals surface area contributed by atoms with Gasteiger partial charge in [0, 0.05) is 11.9 Å². The van der Waals surface area contributed by atoms with Gasteiger partial charge in [-0.15, -0.1) is 0 Å². The molecule has 1 aromatic carbocycles. The van der Waals surface area contributed by atoms with Crippen molar-refractivity contribution in [2.45, 2.75) is 38.9 Å². The van der Waals surface area contributed by atoms with Gasteiger partial charge in [-0.3, -0.25) is 4.98 Å². The van der Waals surface area contributed by atoms with E-state index in [2.05, 4.69) is 56.9 Å². The number of rotatable bonds is 4. The van der Waals surface area contributed by atoms with Gasteiger partial charge in [-0.05, 0) is 34.4 Å². The van der Waals surface area contributed by atoms with E-state index in [1.54, 1.807) is 35.9 Å². The lowest BCUT2D eigenvalue weighted by Crippen LogP contribution is -2.10. The Balaban J connectivity index is 2.03. The number of thioether (sulfide) groups is 2. The highest BCUT2D eigenvalue weighted by atomic mass is 32.2. The molecule has 4 heteroatoms. The highest BCUT2D eigenvalue weighted by Crippen LogP contribution is 2.27. The van der Waals surface area contributed by atoms with Gasteiger partial charge in [0.25, 0.3) is 0 Å². The molecule has 0 aliphatic rings. The fourth-order valence-electron chi connectivity index (χ4n) is 2.00. The molecule has 2 nitrogen and oxygen atoms in total. The van der Waals surface area contributed by atoms with Crippen molar-refractivity contribution < 1.29 is 0 Å². The van der Waals surface area contributed by atoms with Crippen molar-refractivity contribution in [3.63, 3.8) is 0 Å². The zero-order chi connectivity index (χ0) is 16.7. The summed E-state index contributed by atoms with van der Waals surface area (Å²) in [4.78, 5) is 8.82. The smallest absolute Gasteiger partial charge is 0.130 e. The van der Waals surface area contributed by atoms with E-state index >= 15 is 0 Å². The maximum atomic E-state index is 4.70. The molecule has 1 aromatic heterocycles. The minimum absolute atomic E-state index is 0.205. The quantitative estimate of drug-likeness (QED) is 0.498. The van der Waals surface area contributed by atoms with Crippen molar-refractivity contribution in [2.75, 3.05) is 5.75 Å². The SMILES string of the molecule is CCSC(=Nc1cccnc1)SCc1ccc(C(C)(C)C)cc1. The number of benzene rings is 1. The Morgan fingerprint density at radius 3 is 2.39 bits per heavy atom. The Morgan fingerprint density at radius 2 is 1.83 bits per heavy atom. The van der Waals surface area contributed by atoms with Gasteiger partial charge in [0.2, 0.25) is 0 Å². The molecule has 0 saturated heterocycles. The first-order valence-electron chi connectivity index (χ1n) is 7.83. The van der Waals surface area contributed by atoms with Crippen LogP contribution in [-0.2, 0) is 11.2 Å². The number of aliphatic imine (C=N–C) groups is 1. The van der Waals surface area contributed by atoms with E-state index in [-0.39, 0.29) is 5.41 Å². The molecule has 0 bridgehead atoms. The van der Waals surface area contributed by atoms with E-state index < -0.39 is 0 Å². The average molecular weight is 345 g/mol. The van der Waals surface area contributed by atoms with Crippen LogP contribution in [0.25, 0.3) is 0 Å². The lowest BCUT2D eigenvalue weighted by Gasteiger charge is -2.19. The number of aromatic nitrogens is 1. The predicted molar refractivity (Wildman–Crippen MR) is 106 cm³/mol. The third-order valence-corrected chi connectivity index (χ3v) is 5.47. The van der Waals surface area contributed by atoms with Gasteiger partial charge in [-0.1, -0.05) is 75.5 Å². The maximum Gasteiger partial charge on any atom is 0.130 e. The van der Waals surface area contributed by atoms with E-state index in [9.17, 15) is 0 Å². The number of pyridine rings is 1. The summed E-state index contributed by atoms with van der Waals surface area (Å²) >= 11 is 3.58. The molecule has 0 amide bonds. The Labute approximate surface area is 148 Å². The van der Waals surface area contributed by atoms with E-state index in [0.29, 0.717) is 0 Å².